The molecule has 0 spiro atoms. The number of thiazole rings is 1. The van der Waals surface area contributed by atoms with Gasteiger partial charge in [0.05, 0.1) is 17.1 Å². The summed E-state index contributed by atoms with van der Waals surface area (Å²) in [6.07, 6.45) is 1.60. The van der Waals surface area contributed by atoms with E-state index in [0.29, 0.717) is 17.1 Å². The Morgan fingerprint density at radius 2 is 2.06 bits per heavy atom. The van der Waals surface area contributed by atoms with Crippen LogP contribution < -0.4 is 4.72 Å². The Bertz CT molecular complexity index is 689. The van der Waals surface area contributed by atoms with Crippen LogP contribution in [0.15, 0.2) is 10.4 Å². The molecule has 0 unspecified atom stereocenters. The number of hydrogen-bond acceptors (Lipinski definition) is 5. The molecule has 0 aliphatic heterocycles. The average Bonchev–Trinajstić information content (AvgIpc) is 2.70. The Morgan fingerprint density at radius 3 is 2.50 bits per heavy atom. The zero-order chi connectivity index (χ0) is 13.5. The summed E-state index contributed by atoms with van der Waals surface area (Å²) in [7, 11) is -1.94. The molecule has 0 radical (unpaired) electrons. The second-order valence-corrected chi connectivity index (χ2v) is 7.21. The van der Waals surface area contributed by atoms with Gasteiger partial charge in [0.2, 0.25) is 0 Å². The van der Waals surface area contributed by atoms with Gasteiger partial charge in [-0.05, 0) is 13.8 Å². The first kappa shape index (κ1) is 13.3. The topological polar surface area (TPSA) is 76.9 Å². The molecule has 0 saturated carbocycles. The average molecular weight is 307 g/mol. The number of anilines is 1. The highest BCUT2D eigenvalue weighted by Gasteiger charge is 2.22. The van der Waals surface area contributed by atoms with Crippen molar-refractivity contribution < 1.29 is 8.42 Å². The van der Waals surface area contributed by atoms with Gasteiger partial charge in [0.1, 0.15) is 0 Å². The molecule has 0 atom stereocenters. The minimum absolute atomic E-state index is 0.121. The molecule has 2 rings (SSSR count). The van der Waals surface area contributed by atoms with E-state index in [1.54, 1.807) is 31.8 Å². The van der Waals surface area contributed by atoms with Gasteiger partial charge in [-0.2, -0.15) is 5.10 Å². The third kappa shape index (κ3) is 2.50. The van der Waals surface area contributed by atoms with Crippen molar-refractivity contribution in [3.63, 3.8) is 0 Å². The number of rotatable bonds is 3. The fourth-order valence-corrected chi connectivity index (χ4v) is 4.33. The van der Waals surface area contributed by atoms with E-state index < -0.39 is 10.0 Å². The Labute approximate surface area is 114 Å². The summed E-state index contributed by atoms with van der Waals surface area (Å²) in [5, 5.41) is 4.07. The van der Waals surface area contributed by atoms with Crippen molar-refractivity contribution in [1.29, 1.82) is 0 Å². The number of nitrogens with one attached hydrogen (secondary N) is 1. The molecule has 0 bridgehead atoms. The smallest absolute Gasteiger partial charge is 0.273 e. The molecule has 0 amide bonds. The quantitative estimate of drug-likeness (QED) is 0.940. The van der Waals surface area contributed by atoms with Gasteiger partial charge in [0.15, 0.2) is 8.68 Å². The van der Waals surface area contributed by atoms with Gasteiger partial charge < -0.3 is 0 Å². The van der Waals surface area contributed by atoms with Crippen LogP contribution in [0.5, 0.6) is 0 Å². The molecule has 98 valence electrons. The maximum Gasteiger partial charge on any atom is 0.273 e. The van der Waals surface area contributed by atoms with E-state index in [2.05, 4.69) is 14.8 Å². The van der Waals surface area contributed by atoms with E-state index in [4.69, 9.17) is 11.6 Å². The van der Waals surface area contributed by atoms with Crippen LogP contribution >= 0.6 is 22.9 Å². The normalized spacial score (nSPS) is 11.8. The van der Waals surface area contributed by atoms with E-state index in [9.17, 15) is 8.42 Å². The lowest BCUT2D eigenvalue weighted by molar-refractivity contribution is 0.602. The highest BCUT2D eigenvalue weighted by molar-refractivity contribution is 7.94. The van der Waals surface area contributed by atoms with E-state index in [0.717, 1.165) is 11.3 Å². The summed E-state index contributed by atoms with van der Waals surface area (Å²) < 4.78 is 28.7. The zero-order valence-corrected chi connectivity index (χ0v) is 12.3. The second kappa shape index (κ2) is 4.52. The highest BCUT2D eigenvalue weighted by Crippen LogP contribution is 2.28. The maximum absolute atomic E-state index is 12.2. The van der Waals surface area contributed by atoms with Crippen LogP contribution in [0.2, 0.25) is 4.47 Å². The predicted molar refractivity (Wildman–Crippen MR) is 70.6 cm³/mol. The molecule has 0 aliphatic rings. The van der Waals surface area contributed by atoms with Gasteiger partial charge in [0.25, 0.3) is 10.0 Å². The van der Waals surface area contributed by atoms with Crippen LogP contribution in [0.25, 0.3) is 0 Å². The molecule has 2 aromatic heterocycles. The number of halogens is 1. The SMILES string of the molecule is Cc1nn(C)cc1NS(=O)(=O)c1sc(Cl)nc1C. The van der Waals surface area contributed by atoms with Crippen LogP contribution in [-0.4, -0.2) is 23.2 Å². The first-order valence-electron chi connectivity index (χ1n) is 4.95. The number of aromatic nitrogens is 3. The van der Waals surface area contributed by atoms with E-state index in [1.165, 1.54) is 0 Å². The summed E-state index contributed by atoms with van der Waals surface area (Å²) >= 11 is 6.64. The number of nitrogens with zero attached hydrogens (tertiary/aromatic N) is 3. The lowest BCUT2D eigenvalue weighted by Gasteiger charge is -2.04. The number of sulfonamides is 1. The molecule has 6 nitrogen and oxygen atoms in total. The number of hydrogen-bond donors (Lipinski definition) is 1. The van der Waals surface area contributed by atoms with Gasteiger partial charge in [-0.15, -0.1) is 0 Å². The van der Waals surface area contributed by atoms with Crippen molar-refractivity contribution >= 4 is 38.6 Å². The molecule has 2 heterocycles. The third-order valence-corrected chi connectivity index (χ3v) is 5.47. The maximum atomic E-state index is 12.2. The molecule has 0 aromatic carbocycles. The van der Waals surface area contributed by atoms with E-state index in [-0.39, 0.29) is 8.68 Å². The molecule has 0 saturated heterocycles. The summed E-state index contributed by atoms with van der Waals surface area (Å²) in [4.78, 5) is 3.89. The minimum atomic E-state index is -3.66. The Morgan fingerprint density at radius 1 is 1.39 bits per heavy atom. The summed E-state index contributed by atoms with van der Waals surface area (Å²) in [6, 6.07) is 0. The van der Waals surface area contributed by atoms with E-state index >= 15 is 0 Å². The Kier molecular flexibility index (Phi) is 3.35. The van der Waals surface area contributed by atoms with Gasteiger partial charge in [0, 0.05) is 13.2 Å². The highest BCUT2D eigenvalue weighted by atomic mass is 35.5. The van der Waals surface area contributed by atoms with Crippen LogP contribution in [0.4, 0.5) is 5.69 Å². The van der Waals surface area contributed by atoms with Crippen molar-refractivity contribution in [1.82, 2.24) is 14.8 Å². The largest absolute Gasteiger partial charge is 0.275 e. The number of aryl methyl sites for hydroxylation is 3. The minimum Gasteiger partial charge on any atom is -0.275 e. The fourth-order valence-electron chi connectivity index (χ4n) is 1.49. The van der Waals surface area contributed by atoms with Crippen molar-refractivity contribution in [2.75, 3.05) is 4.72 Å². The zero-order valence-electron chi connectivity index (χ0n) is 9.93. The van der Waals surface area contributed by atoms with Crippen molar-refractivity contribution in [3.05, 3.63) is 22.1 Å². The standard InChI is InChI=1S/C9H11ClN4O2S2/c1-5-7(4-14(3)12-5)13-18(15,16)8-6(2)11-9(10)17-8/h4,13H,1-3H3. The monoisotopic (exact) mass is 306 g/mol. The lowest BCUT2D eigenvalue weighted by atomic mass is 10.4. The van der Waals surface area contributed by atoms with Crippen LogP contribution in [0.3, 0.4) is 0 Å². The molecule has 1 N–H and O–H groups in total. The second-order valence-electron chi connectivity index (χ2n) is 3.75. The van der Waals surface area contributed by atoms with Crippen LogP contribution in [0.1, 0.15) is 11.4 Å². The van der Waals surface area contributed by atoms with Crippen molar-refractivity contribution in [2.45, 2.75) is 18.1 Å². The van der Waals surface area contributed by atoms with Crippen molar-refractivity contribution in [3.8, 4) is 0 Å². The first-order chi connectivity index (χ1) is 8.29. The predicted octanol–water partition coefficient (Wildman–Crippen LogP) is 1.95. The van der Waals surface area contributed by atoms with Crippen LogP contribution in [0, 0.1) is 13.8 Å². The van der Waals surface area contributed by atoms with Crippen LogP contribution in [-0.2, 0) is 17.1 Å². The Balaban J connectivity index is 2.39. The first-order valence-corrected chi connectivity index (χ1v) is 7.63. The van der Waals surface area contributed by atoms with Gasteiger partial charge >= 0.3 is 0 Å². The van der Waals surface area contributed by atoms with E-state index in [1.807, 2.05) is 0 Å². The van der Waals surface area contributed by atoms with Crippen molar-refractivity contribution in [2.24, 2.45) is 7.05 Å². The molecule has 2 aromatic rings. The molecule has 0 aliphatic carbocycles. The molecule has 0 fully saturated rings. The van der Waals surface area contributed by atoms with Gasteiger partial charge in [-0.1, -0.05) is 22.9 Å². The fraction of sp³-hybridized carbons (Fsp3) is 0.333. The molecular formula is C9H11ClN4O2S2. The summed E-state index contributed by atoms with van der Waals surface area (Å²) in [5.74, 6) is 0. The lowest BCUT2D eigenvalue weighted by Crippen LogP contribution is -2.12. The third-order valence-electron chi connectivity index (χ3n) is 2.23. The summed E-state index contributed by atoms with van der Waals surface area (Å²) in [6.45, 7) is 3.33. The summed E-state index contributed by atoms with van der Waals surface area (Å²) in [5.41, 5.74) is 1.44. The van der Waals surface area contributed by atoms with Gasteiger partial charge in [-0.25, -0.2) is 13.4 Å². The molecule has 18 heavy (non-hydrogen) atoms. The Hall–Kier alpha value is -1.12. The molecular weight excluding hydrogens is 296 g/mol. The van der Waals surface area contributed by atoms with Gasteiger partial charge in [-0.3, -0.25) is 9.40 Å². The molecule has 9 heteroatoms.